The van der Waals surface area contributed by atoms with E-state index in [2.05, 4.69) is 219 Å². The van der Waals surface area contributed by atoms with Crippen LogP contribution in [0.25, 0.3) is 72.0 Å². The molecule has 0 saturated carbocycles. The number of rotatable bonds is 8. The Labute approximate surface area is 427 Å². The Bertz CT molecular complexity index is 4220. The number of nitrogens with zero attached hydrogens (tertiary/aromatic N) is 2. The molecule has 1 aromatic heterocycles. The van der Waals surface area contributed by atoms with E-state index in [1.165, 1.54) is 38.9 Å². The van der Waals surface area contributed by atoms with E-state index in [-0.39, 0.29) is 40.8 Å². The maximum absolute atomic E-state index is 9.99. The summed E-state index contributed by atoms with van der Waals surface area (Å²) in [5.41, 5.74) is 18.7. The number of hydrogen-bond acceptors (Lipinski definition) is 1. The van der Waals surface area contributed by atoms with Crippen LogP contribution in [0.3, 0.4) is 0 Å². The maximum atomic E-state index is 9.99. The van der Waals surface area contributed by atoms with Gasteiger partial charge in [-0.3, -0.25) is 0 Å². The standard InChI is InChI=1S/C70H50N2/c1-69(2)63-27-15-12-24-57(63)60-41-40-56(46-66(60)69)71(54-36-30-48(31-37-54)47-18-6-3-7-19-47)55-38-32-49(33-39-55)50-34-42-67-61(44-50)62-45-52(35-43-68(62)72(67)53-22-10-5-11-23-53)70(51-20-8-4-9-21-51)64-28-16-13-25-58(64)59-26-14-17-29-65(59)70/h3-46H,1-2H3/i32D,33D,38D,39D. The van der Waals surface area contributed by atoms with Crippen LogP contribution in [-0.4, -0.2) is 4.57 Å². The number of hydrogen-bond donors (Lipinski definition) is 0. The molecule has 0 N–H and O–H groups in total. The summed E-state index contributed by atoms with van der Waals surface area (Å²) in [6, 6.07) is 84.6. The van der Waals surface area contributed by atoms with Crippen molar-refractivity contribution in [2.24, 2.45) is 0 Å². The van der Waals surface area contributed by atoms with Gasteiger partial charge in [-0.15, -0.1) is 0 Å². The van der Waals surface area contributed by atoms with Gasteiger partial charge in [-0.25, -0.2) is 0 Å². The third kappa shape index (κ3) is 6.28. The van der Waals surface area contributed by atoms with E-state index in [1.54, 1.807) is 0 Å². The first-order valence-electron chi connectivity index (χ1n) is 26.8. The molecule has 0 spiro atoms. The molecule has 0 fully saturated rings. The lowest BCUT2D eigenvalue weighted by Gasteiger charge is -2.34. The lowest BCUT2D eigenvalue weighted by atomic mass is 9.67. The molecule has 11 aromatic carbocycles. The van der Waals surface area contributed by atoms with Crippen LogP contribution in [0.5, 0.6) is 0 Å². The highest BCUT2D eigenvalue weighted by atomic mass is 15.1. The molecule has 2 nitrogen and oxygen atoms in total. The summed E-state index contributed by atoms with van der Waals surface area (Å²) in [6.45, 7) is 4.49. The van der Waals surface area contributed by atoms with Crippen molar-refractivity contribution in [2.75, 3.05) is 4.90 Å². The van der Waals surface area contributed by atoms with E-state index in [0.29, 0.717) is 5.56 Å². The molecule has 0 bridgehead atoms. The monoisotopic (exact) mass is 922 g/mol. The molecule has 2 heteroatoms. The highest BCUT2D eigenvalue weighted by Gasteiger charge is 2.46. The second-order valence-electron chi connectivity index (χ2n) is 19.7. The average molecular weight is 923 g/mol. The van der Waals surface area contributed by atoms with Crippen molar-refractivity contribution in [2.45, 2.75) is 24.7 Å². The molecule has 0 aliphatic heterocycles. The van der Waals surface area contributed by atoms with Gasteiger partial charge in [0.25, 0.3) is 0 Å². The molecule has 2 aliphatic rings. The van der Waals surface area contributed by atoms with Crippen molar-refractivity contribution in [3.63, 3.8) is 0 Å². The summed E-state index contributed by atoms with van der Waals surface area (Å²) in [5, 5.41) is 1.97. The summed E-state index contributed by atoms with van der Waals surface area (Å²) in [7, 11) is 0. The zero-order chi connectivity index (χ0) is 51.5. The highest BCUT2D eigenvalue weighted by molar-refractivity contribution is 6.11. The van der Waals surface area contributed by atoms with Gasteiger partial charge < -0.3 is 9.47 Å². The minimum Gasteiger partial charge on any atom is -0.310 e. The van der Waals surface area contributed by atoms with Crippen LogP contribution in [0.1, 0.15) is 52.7 Å². The number of benzene rings is 11. The molecule has 1 heterocycles. The Balaban J connectivity index is 0.972. The van der Waals surface area contributed by atoms with Crippen molar-refractivity contribution >= 4 is 38.9 Å². The number of para-hydroxylation sites is 1. The van der Waals surface area contributed by atoms with E-state index >= 15 is 0 Å². The van der Waals surface area contributed by atoms with Crippen molar-refractivity contribution in [3.05, 3.63) is 300 Å². The van der Waals surface area contributed by atoms with Gasteiger partial charge in [0.15, 0.2) is 0 Å². The van der Waals surface area contributed by atoms with Gasteiger partial charge in [0.2, 0.25) is 0 Å². The number of aromatic nitrogens is 1. The molecular weight excluding hydrogens is 869 g/mol. The molecular formula is C70H50N2. The zero-order valence-electron chi connectivity index (χ0n) is 44.0. The molecule has 14 rings (SSSR count). The molecule has 0 atom stereocenters. The van der Waals surface area contributed by atoms with Crippen LogP contribution in [0.2, 0.25) is 0 Å². The van der Waals surface area contributed by atoms with Crippen LogP contribution in [-0.2, 0) is 10.8 Å². The van der Waals surface area contributed by atoms with Crippen LogP contribution in [0.15, 0.2) is 267 Å². The minimum absolute atomic E-state index is 0.107. The topological polar surface area (TPSA) is 8.17 Å². The molecule has 0 amide bonds. The SMILES string of the molecule is [2H]c1c([2H])c(N(c2ccc(-c3ccccc3)cc2)c2ccc3c(c2)C(C)(C)c2ccccc2-3)c([2H])c([2H])c1-c1ccc2c(c1)c1cc(C3(c4ccccc4)c4ccccc4-c4ccccc43)ccc1n2-c1ccccc1. The fourth-order valence-electron chi connectivity index (χ4n) is 12.2. The molecule has 0 saturated heterocycles. The molecule has 12 aromatic rings. The smallest absolute Gasteiger partial charge is 0.0713 e. The second kappa shape index (κ2) is 16.3. The summed E-state index contributed by atoms with van der Waals surface area (Å²) >= 11 is 0. The summed E-state index contributed by atoms with van der Waals surface area (Å²) in [4.78, 5) is 1.92. The Morgan fingerprint density at radius 3 is 1.51 bits per heavy atom. The lowest BCUT2D eigenvalue weighted by Crippen LogP contribution is -2.28. The first kappa shape index (κ1) is 37.9. The normalized spacial score (nSPS) is 14.4. The number of fused-ring (bicyclic) bond motifs is 9. The van der Waals surface area contributed by atoms with Gasteiger partial charge in [0, 0.05) is 38.9 Å². The molecule has 72 heavy (non-hydrogen) atoms. The summed E-state index contributed by atoms with van der Waals surface area (Å²) in [6.07, 6.45) is 0. The summed E-state index contributed by atoms with van der Waals surface area (Å²) < 4.78 is 42.1. The van der Waals surface area contributed by atoms with Gasteiger partial charge in [-0.05, 0) is 151 Å². The van der Waals surface area contributed by atoms with Crippen molar-refractivity contribution in [1.29, 1.82) is 0 Å². The van der Waals surface area contributed by atoms with E-state index in [9.17, 15) is 5.48 Å². The molecule has 2 aliphatic carbocycles. The summed E-state index contributed by atoms with van der Waals surface area (Å²) in [5.74, 6) is 0. The van der Waals surface area contributed by atoms with Crippen LogP contribution in [0, 0.1) is 0 Å². The van der Waals surface area contributed by atoms with E-state index in [4.69, 9.17) is 0 Å². The quantitative estimate of drug-likeness (QED) is 0.147. The van der Waals surface area contributed by atoms with Gasteiger partial charge in [-0.1, -0.05) is 208 Å². The zero-order valence-corrected chi connectivity index (χ0v) is 40.0. The van der Waals surface area contributed by atoms with E-state index in [1.807, 2.05) is 47.4 Å². The Kier molecular flexibility index (Phi) is 8.57. The van der Waals surface area contributed by atoms with Gasteiger partial charge in [0.1, 0.15) is 0 Å². The number of anilines is 3. The van der Waals surface area contributed by atoms with Crippen molar-refractivity contribution in [3.8, 4) is 50.2 Å². The molecule has 0 radical (unpaired) electrons. The van der Waals surface area contributed by atoms with Gasteiger partial charge in [0.05, 0.1) is 21.9 Å². The Morgan fingerprint density at radius 1 is 0.347 bits per heavy atom. The van der Waals surface area contributed by atoms with Gasteiger partial charge in [-0.2, -0.15) is 0 Å². The van der Waals surface area contributed by atoms with Crippen molar-refractivity contribution in [1.82, 2.24) is 4.57 Å². The fraction of sp³-hybridized carbons (Fsp3) is 0.0571. The van der Waals surface area contributed by atoms with Crippen LogP contribution < -0.4 is 4.90 Å². The lowest BCUT2D eigenvalue weighted by molar-refractivity contribution is 0.660. The largest absolute Gasteiger partial charge is 0.310 e. The third-order valence-corrected chi connectivity index (χ3v) is 15.6. The molecule has 0 unspecified atom stereocenters. The first-order chi connectivity index (χ1) is 37.1. The molecule has 340 valence electrons. The van der Waals surface area contributed by atoms with E-state index in [0.717, 1.165) is 66.7 Å². The maximum Gasteiger partial charge on any atom is 0.0713 e. The highest BCUT2D eigenvalue weighted by Crippen LogP contribution is 2.57. The third-order valence-electron chi connectivity index (χ3n) is 15.6. The van der Waals surface area contributed by atoms with Crippen molar-refractivity contribution < 1.29 is 5.48 Å². The first-order valence-corrected chi connectivity index (χ1v) is 24.8. The van der Waals surface area contributed by atoms with Crippen LogP contribution >= 0.6 is 0 Å². The Morgan fingerprint density at radius 2 is 0.847 bits per heavy atom. The second-order valence-corrected chi connectivity index (χ2v) is 19.7. The fourth-order valence-corrected chi connectivity index (χ4v) is 12.2. The Hall–Kier alpha value is -8.98. The minimum atomic E-state index is -0.619. The van der Waals surface area contributed by atoms with E-state index < -0.39 is 5.41 Å². The predicted molar refractivity (Wildman–Crippen MR) is 301 cm³/mol. The van der Waals surface area contributed by atoms with Crippen LogP contribution in [0.4, 0.5) is 17.1 Å². The average Bonchev–Trinajstić information content (AvgIpc) is 4.05. The predicted octanol–water partition coefficient (Wildman–Crippen LogP) is 18.3. The van der Waals surface area contributed by atoms with Gasteiger partial charge >= 0.3 is 0 Å².